The van der Waals surface area contributed by atoms with Crippen molar-refractivity contribution in [1.82, 2.24) is 0 Å². The van der Waals surface area contributed by atoms with E-state index in [0.717, 1.165) is 31.7 Å². The van der Waals surface area contributed by atoms with Crippen molar-refractivity contribution in [2.45, 2.75) is 69.3 Å². The Hall–Kier alpha value is -2.54. The van der Waals surface area contributed by atoms with Crippen molar-refractivity contribution < 1.29 is 32.2 Å². The number of halogens is 3. The fraction of sp³-hybridized carbons (Fsp3) is 0.519. The lowest BCUT2D eigenvalue weighted by molar-refractivity contribution is -0.140. The minimum absolute atomic E-state index is 0.0169. The van der Waals surface area contributed by atoms with Gasteiger partial charge in [0, 0.05) is 13.2 Å². The third-order valence-corrected chi connectivity index (χ3v) is 7.43. The summed E-state index contributed by atoms with van der Waals surface area (Å²) in [6.45, 7) is 0. The summed E-state index contributed by atoms with van der Waals surface area (Å²) in [5, 5.41) is 0. The maximum absolute atomic E-state index is 15.1. The standard InChI is InChI=1S/C27H31F3O4/c1-32-19-9-7-17(8-10-19)22-13-12-21(25(29)26(22)30)16-3-5-18(6-4-16)27(31)34-20-11-14-24(33-2)23(28)15-20/h11-19H,3-10H2,1-2H3. The molecule has 2 aliphatic rings. The molecular formula is C27H31F3O4. The van der Waals surface area contributed by atoms with Crippen molar-refractivity contribution in [1.29, 1.82) is 0 Å². The summed E-state index contributed by atoms with van der Waals surface area (Å²) >= 11 is 0. The van der Waals surface area contributed by atoms with Crippen molar-refractivity contribution >= 4 is 5.97 Å². The smallest absolute Gasteiger partial charge is 0.314 e. The van der Waals surface area contributed by atoms with Crippen LogP contribution in [0.15, 0.2) is 30.3 Å². The summed E-state index contributed by atoms with van der Waals surface area (Å²) in [5.74, 6) is -2.83. The highest BCUT2D eigenvalue weighted by molar-refractivity contribution is 5.75. The third-order valence-electron chi connectivity index (χ3n) is 7.43. The predicted molar refractivity (Wildman–Crippen MR) is 122 cm³/mol. The molecule has 0 aromatic heterocycles. The predicted octanol–water partition coefficient (Wildman–Crippen LogP) is 6.66. The van der Waals surface area contributed by atoms with Crippen LogP contribution in [-0.2, 0) is 9.53 Å². The van der Waals surface area contributed by atoms with Crippen LogP contribution in [0.25, 0.3) is 0 Å². The molecule has 2 aromatic rings. The summed E-state index contributed by atoms with van der Waals surface area (Å²) < 4.78 is 59.5. The first-order valence-corrected chi connectivity index (χ1v) is 12.0. The molecule has 0 atom stereocenters. The van der Waals surface area contributed by atoms with Crippen molar-refractivity contribution in [2.24, 2.45) is 5.92 Å². The molecule has 4 nitrogen and oxygen atoms in total. The molecule has 0 radical (unpaired) electrons. The van der Waals surface area contributed by atoms with E-state index in [4.69, 9.17) is 14.2 Å². The topological polar surface area (TPSA) is 44.8 Å². The Morgan fingerprint density at radius 1 is 0.794 bits per heavy atom. The van der Waals surface area contributed by atoms with Gasteiger partial charge in [-0.15, -0.1) is 0 Å². The van der Waals surface area contributed by atoms with E-state index < -0.39 is 23.4 Å². The third kappa shape index (κ3) is 5.24. The Morgan fingerprint density at radius 3 is 1.85 bits per heavy atom. The number of hydrogen-bond acceptors (Lipinski definition) is 4. The van der Waals surface area contributed by atoms with E-state index in [9.17, 15) is 13.6 Å². The summed E-state index contributed by atoms with van der Waals surface area (Å²) in [4.78, 5) is 12.5. The zero-order chi connectivity index (χ0) is 24.2. The monoisotopic (exact) mass is 476 g/mol. The van der Waals surface area contributed by atoms with Gasteiger partial charge in [0.1, 0.15) is 5.75 Å². The summed E-state index contributed by atoms with van der Waals surface area (Å²) in [5.41, 5.74) is 0.843. The van der Waals surface area contributed by atoms with Gasteiger partial charge in [0.2, 0.25) is 0 Å². The molecule has 184 valence electrons. The molecule has 7 heteroatoms. The largest absolute Gasteiger partial charge is 0.494 e. The minimum atomic E-state index is -0.758. The van der Waals surface area contributed by atoms with Gasteiger partial charge in [-0.05, 0) is 86.5 Å². The molecule has 2 fully saturated rings. The molecule has 0 heterocycles. The molecule has 34 heavy (non-hydrogen) atoms. The highest BCUT2D eigenvalue weighted by Crippen LogP contribution is 2.41. The van der Waals surface area contributed by atoms with Gasteiger partial charge in [0.05, 0.1) is 19.1 Å². The Balaban J connectivity index is 1.36. The van der Waals surface area contributed by atoms with Crippen molar-refractivity contribution in [3.63, 3.8) is 0 Å². The number of carbonyl (C=O) groups is 1. The zero-order valence-corrected chi connectivity index (χ0v) is 19.6. The number of ether oxygens (including phenoxy) is 3. The maximum Gasteiger partial charge on any atom is 0.314 e. The molecule has 0 unspecified atom stereocenters. The Morgan fingerprint density at radius 2 is 1.35 bits per heavy atom. The van der Waals surface area contributed by atoms with Crippen LogP contribution in [0.2, 0.25) is 0 Å². The number of esters is 1. The van der Waals surface area contributed by atoms with Gasteiger partial charge in [0.15, 0.2) is 23.2 Å². The van der Waals surface area contributed by atoms with Gasteiger partial charge in [0.25, 0.3) is 0 Å². The zero-order valence-electron chi connectivity index (χ0n) is 19.6. The fourth-order valence-corrected chi connectivity index (χ4v) is 5.37. The second kappa shape index (κ2) is 10.8. The maximum atomic E-state index is 15.1. The van der Waals surface area contributed by atoms with E-state index in [1.165, 1.54) is 19.2 Å². The van der Waals surface area contributed by atoms with E-state index in [1.54, 1.807) is 19.2 Å². The summed E-state index contributed by atoms with van der Waals surface area (Å²) in [6, 6.07) is 7.46. The van der Waals surface area contributed by atoms with Crippen LogP contribution in [0.1, 0.15) is 74.3 Å². The second-order valence-corrected chi connectivity index (χ2v) is 9.35. The molecule has 4 rings (SSSR count). The highest BCUT2D eigenvalue weighted by atomic mass is 19.2. The molecule has 2 aliphatic carbocycles. The van der Waals surface area contributed by atoms with Gasteiger partial charge >= 0.3 is 5.97 Å². The molecule has 0 aliphatic heterocycles. The van der Waals surface area contributed by atoms with Gasteiger partial charge in [-0.3, -0.25) is 4.79 Å². The molecule has 0 saturated heterocycles. The lowest BCUT2D eigenvalue weighted by Crippen LogP contribution is -2.25. The first-order valence-electron chi connectivity index (χ1n) is 12.0. The average Bonchev–Trinajstić information content (AvgIpc) is 2.86. The van der Waals surface area contributed by atoms with Gasteiger partial charge < -0.3 is 14.2 Å². The molecule has 0 N–H and O–H groups in total. The molecular weight excluding hydrogens is 445 g/mol. The number of benzene rings is 2. The quantitative estimate of drug-likeness (QED) is 0.345. The average molecular weight is 477 g/mol. The number of methoxy groups -OCH3 is 2. The first-order chi connectivity index (χ1) is 16.4. The fourth-order valence-electron chi connectivity index (χ4n) is 5.37. The van der Waals surface area contributed by atoms with E-state index in [0.29, 0.717) is 36.8 Å². The molecule has 0 spiro atoms. The highest BCUT2D eigenvalue weighted by Gasteiger charge is 2.32. The van der Waals surface area contributed by atoms with Gasteiger partial charge in [-0.25, -0.2) is 13.2 Å². The minimum Gasteiger partial charge on any atom is -0.494 e. The number of carbonyl (C=O) groups excluding carboxylic acids is 1. The molecule has 0 bridgehead atoms. The van der Waals surface area contributed by atoms with Crippen LogP contribution in [0.4, 0.5) is 13.2 Å². The number of hydrogen-bond donors (Lipinski definition) is 0. The lowest BCUT2D eigenvalue weighted by Gasteiger charge is -2.30. The SMILES string of the molecule is COc1ccc(OC(=O)C2CCC(c3ccc(C4CCC(OC)CC4)c(F)c3F)CC2)cc1F. The van der Waals surface area contributed by atoms with Crippen molar-refractivity contribution in [3.8, 4) is 11.5 Å². The van der Waals surface area contributed by atoms with Gasteiger partial charge in [-0.1, -0.05) is 12.1 Å². The summed E-state index contributed by atoms with van der Waals surface area (Å²) in [7, 11) is 3.05. The van der Waals surface area contributed by atoms with E-state index in [2.05, 4.69) is 0 Å². The van der Waals surface area contributed by atoms with Crippen molar-refractivity contribution in [3.05, 3.63) is 58.9 Å². The van der Waals surface area contributed by atoms with Crippen LogP contribution in [0, 0.1) is 23.4 Å². The van der Waals surface area contributed by atoms with Crippen LogP contribution in [-0.4, -0.2) is 26.3 Å². The van der Waals surface area contributed by atoms with Crippen LogP contribution >= 0.6 is 0 Å². The van der Waals surface area contributed by atoms with Crippen LogP contribution in [0.5, 0.6) is 11.5 Å². The summed E-state index contributed by atoms with van der Waals surface area (Å²) in [6.07, 6.45) is 5.63. The Labute approximate surface area is 198 Å². The normalized spacial score (nSPS) is 25.1. The number of rotatable bonds is 6. The van der Waals surface area contributed by atoms with Gasteiger partial charge in [-0.2, -0.15) is 0 Å². The van der Waals surface area contributed by atoms with E-state index in [-0.39, 0.29) is 35.4 Å². The Kier molecular flexibility index (Phi) is 7.81. The lowest BCUT2D eigenvalue weighted by atomic mass is 9.77. The van der Waals surface area contributed by atoms with E-state index >= 15 is 4.39 Å². The van der Waals surface area contributed by atoms with Crippen LogP contribution < -0.4 is 9.47 Å². The molecule has 0 amide bonds. The second-order valence-electron chi connectivity index (χ2n) is 9.35. The van der Waals surface area contributed by atoms with Crippen LogP contribution in [0.3, 0.4) is 0 Å². The first kappa shape index (κ1) is 24.6. The Bertz CT molecular complexity index is 1010. The van der Waals surface area contributed by atoms with Crippen molar-refractivity contribution in [2.75, 3.05) is 14.2 Å². The molecule has 2 aromatic carbocycles. The van der Waals surface area contributed by atoms with E-state index in [1.807, 2.05) is 0 Å². The molecule has 2 saturated carbocycles.